The lowest BCUT2D eigenvalue weighted by molar-refractivity contribution is -0.121. The summed E-state index contributed by atoms with van der Waals surface area (Å²) in [5.41, 5.74) is 0.181. The van der Waals surface area contributed by atoms with Gasteiger partial charge in [-0.1, -0.05) is 34.1 Å². The Bertz CT molecular complexity index is 954. The Morgan fingerprint density at radius 2 is 2.15 bits per heavy atom. The standard InChI is InChI=1S/C18H20BrN3O5/c1-10-9-22(18(26)21-17(10)25)16-7-13(23)14(27-16)8-20-15(24)6-11-4-2-3-5-12(11)19/h2-5,9,13-14,16,23H,6-8H2,1H3,(H,20,24)(H,21,25,26)/t13?,14-,16-/m1/s1. The Morgan fingerprint density at radius 1 is 1.41 bits per heavy atom. The summed E-state index contributed by atoms with van der Waals surface area (Å²) in [6.45, 7) is 1.71. The first kappa shape index (κ1) is 19.5. The van der Waals surface area contributed by atoms with E-state index in [-0.39, 0.29) is 25.3 Å². The summed E-state index contributed by atoms with van der Waals surface area (Å²) in [6, 6.07) is 7.44. The van der Waals surface area contributed by atoms with Crippen molar-refractivity contribution in [3.63, 3.8) is 0 Å². The fraction of sp³-hybridized carbons (Fsp3) is 0.389. The number of H-pyrrole nitrogens is 1. The van der Waals surface area contributed by atoms with Crippen LogP contribution in [-0.2, 0) is 16.0 Å². The van der Waals surface area contributed by atoms with E-state index in [1.165, 1.54) is 10.8 Å². The first-order valence-corrected chi connectivity index (χ1v) is 9.30. The average molecular weight is 438 g/mol. The van der Waals surface area contributed by atoms with E-state index in [0.717, 1.165) is 10.0 Å². The van der Waals surface area contributed by atoms with Gasteiger partial charge in [0.25, 0.3) is 5.56 Å². The molecule has 0 bridgehead atoms. The van der Waals surface area contributed by atoms with Gasteiger partial charge in [0.05, 0.1) is 12.5 Å². The molecular weight excluding hydrogens is 418 g/mol. The predicted octanol–water partition coefficient (Wildman–Crippen LogP) is 0.615. The van der Waals surface area contributed by atoms with Crippen LogP contribution in [0.4, 0.5) is 0 Å². The Balaban J connectivity index is 1.60. The summed E-state index contributed by atoms with van der Waals surface area (Å²) >= 11 is 3.40. The minimum absolute atomic E-state index is 0.123. The molecule has 3 rings (SSSR count). The zero-order valence-electron chi connectivity index (χ0n) is 14.6. The summed E-state index contributed by atoms with van der Waals surface area (Å²) in [7, 11) is 0. The summed E-state index contributed by atoms with van der Waals surface area (Å²) in [6.07, 6.45) is -0.377. The molecule has 3 atom stereocenters. The number of amides is 1. The van der Waals surface area contributed by atoms with Gasteiger partial charge >= 0.3 is 5.69 Å². The van der Waals surface area contributed by atoms with Crippen molar-refractivity contribution in [1.82, 2.24) is 14.9 Å². The quantitative estimate of drug-likeness (QED) is 0.634. The van der Waals surface area contributed by atoms with Gasteiger partial charge in [0.2, 0.25) is 5.91 Å². The molecule has 1 unspecified atom stereocenters. The van der Waals surface area contributed by atoms with Gasteiger partial charge in [-0.05, 0) is 18.6 Å². The maximum absolute atomic E-state index is 12.2. The predicted molar refractivity (Wildman–Crippen MR) is 101 cm³/mol. The van der Waals surface area contributed by atoms with Gasteiger partial charge in [-0.3, -0.25) is 19.1 Å². The van der Waals surface area contributed by atoms with Crippen LogP contribution in [0, 0.1) is 6.92 Å². The summed E-state index contributed by atoms with van der Waals surface area (Å²) in [5.74, 6) is -0.196. The number of carbonyl (C=O) groups excluding carboxylic acids is 1. The molecule has 0 saturated carbocycles. The molecule has 8 nitrogen and oxygen atoms in total. The van der Waals surface area contributed by atoms with Crippen molar-refractivity contribution >= 4 is 21.8 Å². The van der Waals surface area contributed by atoms with Gasteiger partial charge in [0, 0.05) is 29.2 Å². The average Bonchev–Trinajstić information content (AvgIpc) is 2.99. The van der Waals surface area contributed by atoms with Crippen LogP contribution >= 0.6 is 15.9 Å². The topological polar surface area (TPSA) is 113 Å². The van der Waals surface area contributed by atoms with E-state index < -0.39 is 29.7 Å². The second-order valence-electron chi connectivity index (χ2n) is 6.48. The highest BCUT2D eigenvalue weighted by atomic mass is 79.9. The molecule has 2 aromatic rings. The van der Waals surface area contributed by atoms with Crippen molar-refractivity contribution in [2.24, 2.45) is 0 Å². The minimum atomic E-state index is -0.835. The number of aliphatic hydroxyl groups excluding tert-OH is 1. The molecule has 0 radical (unpaired) electrons. The van der Waals surface area contributed by atoms with Crippen molar-refractivity contribution in [1.29, 1.82) is 0 Å². The van der Waals surface area contributed by atoms with Crippen molar-refractivity contribution in [3.05, 3.63) is 66.9 Å². The van der Waals surface area contributed by atoms with Gasteiger partial charge < -0.3 is 15.2 Å². The Hall–Kier alpha value is -2.23. The van der Waals surface area contributed by atoms with Crippen molar-refractivity contribution in [2.45, 2.75) is 38.2 Å². The van der Waals surface area contributed by atoms with Gasteiger partial charge in [-0.2, -0.15) is 0 Å². The second-order valence-corrected chi connectivity index (χ2v) is 7.34. The van der Waals surface area contributed by atoms with Crippen molar-refractivity contribution in [2.75, 3.05) is 6.54 Å². The molecule has 3 N–H and O–H groups in total. The number of aromatic nitrogens is 2. The van der Waals surface area contributed by atoms with Crippen LogP contribution in [0.5, 0.6) is 0 Å². The minimum Gasteiger partial charge on any atom is -0.390 e. The first-order chi connectivity index (χ1) is 12.8. The lowest BCUT2D eigenvalue weighted by Crippen LogP contribution is -2.38. The Kier molecular flexibility index (Phi) is 5.93. The zero-order chi connectivity index (χ0) is 19.6. The third kappa shape index (κ3) is 4.55. The third-order valence-electron chi connectivity index (χ3n) is 4.47. The van der Waals surface area contributed by atoms with Crippen LogP contribution in [0.15, 0.2) is 44.5 Å². The maximum Gasteiger partial charge on any atom is 0.330 e. The fourth-order valence-corrected chi connectivity index (χ4v) is 3.39. The van der Waals surface area contributed by atoms with Gasteiger partial charge in [-0.25, -0.2) is 4.79 Å². The van der Waals surface area contributed by atoms with Crippen LogP contribution in [0.3, 0.4) is 0 Å². The molecule has 1 aromatic carbocycles. The summed E-state index contributed by atoms with van der Waals surface area (Å²) in [5, 5.41) is 13.0. The van der Waals surface area contributed by atoms with Crippen LogP contribution in [0.1, 0.15) is 23.8 Å². The summed E-state index contributed by atoms with van der Waals surface area (Å²) < 4.78 is 7.83. The second kappa shape index (κ2) is 8.20. The zero-order valence-corrected chi connectivity index (χ0v) is 16.2. The van der Waals surface area contributed by atoms with Gasteiger partial charge in [0.1, 0.15) is 12.3 Å². The van der Waals surface area contributed by atoms with Gasteiger partial charge in [-0.15, -0.1) is 0 Å². The van der Waals surface area contributed by atoms with Crippen LogP contribution in [0.2, 0.25) is 0 Å². The molecule has 1 aliphatic heterocycles. The Labute approximate surface area is 163 Å². The highest BCUT2D eigenvalue weighted by Gasteiger charge is 2.35. The van der Waals surface area contributed by atoms with E-state index in [1.54, 1.807) is 6.92 Å². The maximum atomic E-state index is 12.2. The molecule has 9 heteroatoms. The fourth-order valence-electron chi connectivity index (χ4n) is 2.96. The van der Waals surface area contributed by atoms with E-state index in [9.17, 15) is 19.5 Å². The molecular formula is C18H20BrN3O5. The lowest BCUT2D eigenvalue weighted by atomic mass is 10.1. The molecule has 0 aliphatic carbocycles. The number of carbonyl (C=O) groups is 1. The molecule has 2 heterocycles. The number of benzene rings is 1. The molecule has 1 saturated heterocycles. The monoisotopic (exact) mass is 437 g/mol. The molecule has 1 amide bonds. The first-order valence-electron chi connectivity index (χ1n) is 8.51. The molecule has 144 valence electrons. The summed E-state index contributed by atoms with van der Waals surface area (Å²) in [4.78, 5) is 37.8. The largest absolute Gasteiger partial charge is 0.390 e. The lowest BCUT2D eigenvalue weighted by Gasteiger charge is -2.17. The van der Waals surface area contributed by atoms with E-state index in [0.29, 0.717) is 5.56 Å². The SMILES string of the molecule is Cc1cn([C@H]2CC(O)[C@@H](CNC(=O)Cc3ccccc3Br)O2)c(=O)[nH]c1=O. The van der Waals surface area contributed by atoms with Crippen LogP contribution in [0.25, 0.3) is 0 Å². The van der Waals surface area contributed by atoms with Crippen LogP contribution in [-0.4, -0.2) is 39.3 Å². The molecule has 1 aliphatic rings. The highest BCUT2D eigenvalue weighted by molar-refractivity contribution is 9.10. The smallest absolute Gasteiger partial charge is 0.330 e. The number of rotatable bonds is 5. The molecule has 1 fully saturated rings. The van der Waals surface area contributed by atoms with E-state index in [2.05, 4.69) is 26.2 Å². The number of halogens is 1. The van der Waals surface area contributed by atoms with E-state index >= 15 is 0 Å². The number of hydrogen-bond donors (Lipinski definition) is 3. The number of nitrogens with one attached hydrogen (secondary N) is 2. The third-order valence-corrected chi connectivity index (χ3v) is 5.24. The number of ether oxygens (including phenoxy) is 1. The Morgan fingerprint density at radius 3 is 2.89 bits per heavy atom. The number of aryl methyl sites for hydroxylation is 1. The highest BCUT2D eigenvalue weighted by Crippen LogP contribution is 2.27. The molecule has 1 aromatic heterocycles. The molecule has 27 heavy (non-hydrogen) atoms. The van der Waals surface area contributed by atoms with E-state index in [4.69, 9.17) is 4.74 Å². The number of nitrogens with zero attached hydrogens (tertiary/aromatic N) is 1. The normalized spacial score (nSPS) is 22.0. The number of aliphatic hydroxyl groups is 1. The van der Waals surface area contributed by atoms with Gasteiger partial charge in [0.15, 0.2) is 0 Å². The van der Waals surface area contributed by atoms with E-state index in [1.807, 2.05) is 24.3 Å². The van der Waals surface area contributed by atoms with Crippen LogP contribution < -0.4 is 16.6 Å². The van der Waals surface area contributed by atoms with Crippen molar-refractivity contribution in [3.8, 4) is 0 Å². The number of hydrogen-bond acceptors (Lipinski definition) is 5. The molecule has 0 spiro atoms. The number of aromatic amines is 1. The van der Waals surface area contributed by atoms with Crippen molar-refractivity contribution < 1.29 is 14.6 Å².